The second-order valence-electron chi connectivity index (χ2n) is 8.79. The summed E-state index contributed by atoms with van der Waals surface area (Å²) < 4.78 is 7.33. The number of amides is 2. The minimum absolute atomic E-state index is 0.233. The molecule has 1 heterocycles. The summed E-state index contributed by atoms with van der Waals surface area (Å²) in [5.41, 5.74) is 5.21. The number of hydrogen-bond donors (Lipinski definition) is 2. The zero-order chi connectivity index (χ0) is 25.5. The van der Waals surface area contributed by atoms with Gasteiger partial charge in [0.2, 0.25) is 0 Å². The fourth-order valence-corrected chi connectivity index (χ4v) is 4.57. The number of nitrogens with one attached hydrogen (secondary N) is 2. The Morgan fingerprint density at radius 2 is 1.78 bits per heavy atom. The number of aryl methyl sites for hydroxylation is 1. The molecule has 36 heavy (non-hydrogen) atoms. The van der Waals surface area contributed by atoms with Gasteiger partial charge in [-0.2, -0.15) is 0 Å². The van der Waals surface area contributed by atoms with Crippen LogP contribution in [0.25, 0.3) is 5.69 Å². The Labute approximate surface area is 216 Å². The van der Waals surface area contributed by atoms with Gasteiger partial charge >= 0.3 is 6.03 Å². The number of rotatable bonds is 9. The molecule has 3 aromatic carbocycles. The molecule has 4 aromatic rings. The molecule has 0 atom stereocenters. The lowest BCUT2D eigenvalue weighted by Crippen LogP contribution is -2.29. The van der Waals surface area contributed by atoms with E-state index in [1.54, 1.807) is 18.9 Å². The highest BCUT2D eigenvalue weighted by molar-refractivity contribution is 7.98. The van der Waals surface area contributed by atoms with Crippen molar-refractivity contribution < 1.29 is 9.53 Å². The van der Waals surface area contributed by atoms with Crippen molar-refractivity contribution in [2.75, 3.05) is 12.4 Å². The molecule has 1 aromatic heterocycles. The zero-order valence-electron chi connectivity index (χ0n) is 21.0. The number of thioether (sulfide) groups is 1. The number of methoxy groups -OCH3 is 1. The topological polar surface area (TPSA) is 81.1 Å². The molecule has 0 aliphatic carbocycles. The van der Waals surface area contributed by atoms with E-state index < -0.39 is 0 Å². The summed E-state index contributed by atoms with van der Waals surface area (Å²) in [5, 5.41) is 15.4. The Bertz CT molecular complexity index is 1300. The van der Waals surface area contributed by atoms with Crippen LogP contribution >= 0.6 is 11.8 Å². The number of benzene rings is 3. The Hall–Kier alpha value is -3.78. The van der Waals surface area contributed by atoms with Crippen molar-refractivity contribution in [1.82, 2.24) is 20.1 Å². The van der Waals surface area contributed by atoms with E-state index in [0.29, 0.717) is 17.5 Å². The van der Waals surface area contributed by atoms with Crippen molar-refractivity contribution in [1.29, 1.82) is 0 Å². The molecule has 0 saturated carbocycles. The maximum atomic E-state index is 12.6. The summed E-state index contributed by atoms with van der Waals surface area (Å²) in [5.74, 6) is 2.62. The summed E-state index contributed by atoms with van der Waals surface area (Å²) in [6, 6.07) is 23.7. The first-order chi connectivity index (χ1) is 17.4. The number of carbonyl (C=O) groups is 1. The predicted octanol–water partition coefficient (Wildman–Crippen LogP) is 6.32. The lowest BCUT2D eigenvalue weighted by Gasteiger charge is -2.12. The predicted molar refractivity (Wildman–Crippen MR) is 145 cm³/mol. The smallest absolute Gasteiger partial charge is 0.319 e. The van der Waals surface area contributed by atoms with Crippen molar-refractivity contribution in [3.63, 3.8) is 0 Å². The number of hydrogen-bond acceptors (Lipinski definition) is 5. The number of carbonyl (C=O) groups excluding carboxylic acids is 1. The molecule has 0 aliphatic heterocycles. The highest BCUT2D eigenvalue weighted by atomic mass is 32.2. The third-order valence-corrected chi connectivity index (χ3v) is 6.74. The molecule has 0 saturated heterocycles. The van der Waals surface area contributed by atoms with E-state index in [0.717, 1.165) is 27.8 Å². The number of aromatic nitrogens is 3. The van der Waals surface area contributed by atoms with Crippen LogP contribution in [0.1, 0.15) is 42.3 Å². The van der Waals surface area contributed by atoms with Gasteiger partial charge in [0.15, 0.2) is 11.0 Å². The van der Waals surface area contributed by atoms with E-state index in [2.05, 4.69) is 59.8 Å². The molecule has 4 rings (SSSR count). The minimum atomic E-state index is -0.295. The Kier molecular flexibility index (Phi) is 8.28. The first-order valence-electron chi connectivity index (χ1n) is 11.8. The Balaban J connectivity index is 1.48. The van der Waals surface area contributed by atoms with Crippen molar-refractivity contribution in [2.24, 2.45) is 0 Å². The largest absolute Gasteiger partial charge is 0.497 e. The standard InChI is InChI=1S/C28H31N5O2S/c1-19(2)22-10-12-23(13-11-22)30-27(34)29-17-26-31-32-28(33(26)24-14-8-20(3)9-15-24)36-18-21-6-5-7-25(16-21)35-4/h5-16,19H,17-18H2,1-4H3,(H2,29,30,34). The zero-order valence-corrected chi connectivity index (χ0v) is 21.8. The molecule has 0 bridgehead atoms. The molecule has 2 N–H and O–H groups in total. The highest BCUT2D eigenvalue weighted by Crippen LogP contribution is 2.27. The van der Waals surface area contributed by atoms with E-state index in [-0.39, 0.29) is 12.6 Å². The first kappa shape index (κ1) is 25.3. The van der Waals surface area contributed by atoms with Crippen LogP contribution in [0.3, 0.4) is 0 Å². The van der Waals surface area contributed by atoms with Gasteiger partial charge in [-0.1, -0.05) is 67.6 Å². The molecule has 8 heteroatoms. The molecule has 0 unspecified atom stereocenters. The maximum Gasteiger partial charge on any atom is 0.319 e. The van der Waals surface area contributed by atoms with Gasteiger partial charge in [-0.3, -0.25) is 4.57 Å². The second-order valence-corrected chi connectivity index (χ2v) is 9.74. The van der Waals surface area contributed by atoms with Crippen LogP contribution in [0.15, 0.2) is 78.0 Å². The SMILES string of the molecule is COc1cccc(CSc2nnc(CNC(=O)Nc3ccc(C(C)C)cc3)n2-c2ccc(C)cc2)c1. The van der Waals surface area contributed by atoms with E-state index in [9.17, 15) is 4.79 Å². The molecule has 0 fully saturated rings. The monoisotopic (exact) mass is 501 g/mol. The van der Waals surface area contributed by atoms with Gasteiger partial charge in [-0.25, -0.2) is 4.79 Å². The van der Waals surface area contributed by atoms with E-state index >= 15 is 0 Å². The summed E-state index contributed by atoms with van der Waals surface area (Å²) in [6.07, 6.45) is 0. The molecule has 0 radical (unpaired) electrons. The van der Waals surface area contributed by atoms with E-state index in [4.69, 9.17) is 4.74 Å². The molecular formula is C28H31N5O2S. The number of nitrogens with zero attached hydrogens (tertiary/aromatic N) is 3. The third-order valence-electron chi connectivity index (χ3n) is 5.74. The molecule has 2 amide bonds. The van der Waals surface area contributed by atoms with E-state index in [1.165, 1.54) is 11.1 Å². The van der Waals surface area contributed by atoms with Gasteiger partial charge in [0, 0.05) is 17.1 Å². The Morgan fingerprint density at radius 1 is 1.03 bits per heavy atom. The minimum Gasteiger partial charge on any atom is -0.497 e. The molecule has 7 nitrogen and oxygen atoms in total. The quantitative estimate of drug-likeness (QED) is 0.262. The van der Waals surface area contributed by atoms with Gasteiger partial charge in [0.1, 0.15) is 5.75 Å². The van der Waals surface area contributed by atoms with Gasteiger partial charge in [0.25, 0.3) is 0 Å². The molecule has 186 valence electrons. The lowest BCUT2D eigenvalue weighted by atomic mass is 10.0. The molecular weight excluding hydrogens is 470 g/mol. The number of anilines is 1. The summed E-state index contributed by atoms with van der Waals surface area (Å²) in [6.45, 7) is 6.57. The van der Waals surface area contributed by atoms with Gasteiger partial charge in [0.05, 0.1) is 13.7 Å². The Morgan fingerprint density at radius 3 is 2.47 bits per heavy atom. The van der Waals surface area contributed by atoms with Gasteiger partial charge in [-0.05, 0) is 60.4 Å². The van der Waals surface area contributed by atoms with Crippen LogP contribution in [0, 0.1) is 6.92 Å². The first-order valence-corrected chi connectivity index (χ1v) is 12.8. The maximum absolute atomic E-state index is 12.6. The van der Waals surface area contributed by atoms with Crippen molar-refractivity contribution in [3.8, 4) is 11.4 Å². The average molecular weight is 502 g/mol. The molecule has 0 aliphatic rings. The number of ether oxygens (including phenoxy) is 1. The highest BCUT2D eigenvalue weighted by Gasteiger charge is 2.16. The van der Waals surface area contributed by atoms with Crippen LogP contribution in [-0.4, -0.2) is 27.9 Å². The van der Waals surface area contributed by atoms with Crippen LogP contribution in [0.4, 0.5) is 10.5 Å². The second kappa shape index (κ2) is 11.8. The number of urea groups is 1. The van der Waals surface area contributed by atoms with Gasteiger partial charge < -0.3 is 15.4 Å². The van der Waals surface area contributed by atoms with Gasteiger partial charge in [-0.15, -0.1) is 10.2 Å². The fraction of sp³-hybridized carbons (Fsp3) is 0.250. The fourth-order valence-electron chi connectivity index (χ4n) is 3.66. The van der Waals surface area contributed by atoms with Crippen molar-refractivity contribution in [3.05, 3.63) is 95.3 Å². The van der Waals surface area contributed by atoms with Crippen LogP contribution < -0.4 is 15.4 Å². The summed E-state index contributed by atoms with van der Waals surface area (Å²) >= 11 is 1.59. The van der Waals surface area contributed by atoms with Crippen LogP contribution in [0.2, 0.25) is 0 Å². The van der Waals surface area contributed by atoms with Crippen molar-refractivity contribution in [2.45, 2.75) is 44.1 Å². The summed E-state index contributed by atoms with van der Waals surface area (Å²) in [4.78, 5) is 12.6. The lowest BCUT2D eigenvalue weighted by molar-refractivity contribution is 0.251. The average Bonchev–Trinajstić information content (AvgIpc) is 3.30. The summed E-state index contributed by atoms with van der Waals surface area (Å²) in [7, 11) is 1.66. The van der Waals surface area contributed by atoms with Crippen LogP contribution in [-0.2, 0) is 12.3 Å². The van der Waals surface area contributed by atoms with Crippen molar-refractivity contribution >= 4 is 23.5 Å². The third kappa shape index (κ3) is 6.46. The molecule has 0 spiro atoms. The van der Waals surface area contributed by atoms with E-state index in [1.807, 2.05) is 59.2 Å². The normalized spacial score (nSPS) is 10.9. The van der Waals surface area contributed by atoms with Crippen LogP contribution in [0.5, 0.6) is 5.75 Å².